The summed E-state index contributed by atoms with van der Waals surface area (Å²) in [5.41, 5.74) is -2.90. The summed E-state index contributed by atoms with van der Waals surface area (Å²) < 4.78 is 0. The highest BCUT2D eigenvalue weighted by Gasteiger charge is 2.43. The minimum Gasteiger partial charge on any atom is -0.481 e. The van der Waals surface area contributed by atoms with Gasteiger partial charge in [-0.05, 0) is 0 Å². The first-order valence-corrected chi connectivity index (χ1v) is 4.26. The Bertz CT molecular complexity index is 420. The first-order valence-electron chi connectivity index (χ1n) is 4.26. The molecule has 120 valence electrons. The fourth-order valence-electron chi connectivity index (χ4n) is 0.822. The molecule has 0 aliphatic heterocycles. The smallest absolute Gasteiger partial charge is 0.481 e. The Labute approximate surface area is 124 Å². The van der Waals surface area contributed by atoms with Crippen molar-refractivity contribution >= 4 is 35.3 Å². The van der Waals surface area contributed by atoms with E-state index in [1.807, 2.05) is 0 Å². The normalized spacial score (nSPS) is 11.5. The maximum absolute atomic E-state index is 10.7. The van der Waals surface area contributed by atoms with Crippen LogP contribution in [-0.4, -0.2) is 71.6 Å². The summed E-state index contributed by atoms with van der Waals surface area (Å²) in [7, 11) is 0. The SMILES string of the molecule is O=C(O)CC(O)(CC(=O)O[N+](=O)O)C(=O)O.O=[N+]([O-])[O-].[AlH3]. The summed E-state index contributed by atoms with van der Waals surface area (Å²) in [6.07, 6.45) is -2.56. The monoisotopic (exact) mass is 330 g/mol. The maximum atomic E-state index is 10.7. The summed E-state index contributed by atoms with van der Waals surface area (Å²) in [5.74, 6) is -5.23. The molecular weight excluding hydrogens is 319 g/mol. The Morgan fingerprint density at radius 2 is 1.48 bits per heavy atom. The van der Waals surface area contributed by atoms with Gasteiger partial charge < -0.3 is 30.6 Å². The van der Waals surface area contributed by atoms with E-state index in [9.17, 15) is 24.4 Å². The Hall–Kier alpha value is -2.50. The number of aliphatic carboxylic acids is 2. The highest BCUT2D eigenvalue weighted by Crippen LogP contribution is 2.16. The molecule has 14 nitrogen and oxygen atoms in total. The highest BCUT2D eigenvalue weighted by atomic mass is 27.0. The van der Waals surface area contributed by atoms with Crippen LogP contribution in [0.1, 0.15) is 12.8 Å². The zero-order chi connectivity index (χ0) is 16.5. The third kappa shape index (κ3) is 13.7. The van der Waals surface area contributed by atoms with Crippen LogP contribution < -0.4 is 0 Å². The highest BCUT2D eigenvalue weighted by molar-refractivity contribution is 5.88. The Kier molecular flexibility index (Phi) is 11.6. The van der Waals surface area contributed by atoms with Crippen molar-refractivity contribution in [1.29, 1.82) is 0 Å². The molecule has 0 saturated carbocycles. The molecule has 0 aliphatic rings. The maximum Gasteiger partial charge on any atom is 0.484 e. The van der Waals surface area contributed by atoms with Gasteiger partial charge in [-0.25, -0.2) is 9.59 Å². The number of hydrogen-bond donors (Lipinski definition) is 4. The van der Waals surface area contributed by atoms with Crippen LogP contribution in [0.2, 0.25) is 0 Å². The topological polar surface area (TPSA) is 228 Å². The summed E-state index contributed by atoms with van der Waals surface area (Å²) in [6, 6.07) is 0. The van der Waals surface area contributed by atoms with Gasteiger partial charge >= 0.3 is 23.0 Å². The van der Waals surface area contributed by atoms with Gasteiger partial charge in [0.1, 0.15) is 4.91 Å². The van der Waals surface area contributed by atoms with E-state index in [0.717, 1.165) is 0 Å². The van der Waals surface area contributed by atoms with E-state index >= 15 is 0 Å². The Morgan fingerprint density at radius 3 is 1.71 bits per heavy atom. The molecule has 15 heteroatoms. The molecule has 0 aromatic heterocycles. The molecule has 4 N–H and O–H groups in total. The minimum absolute atomic E-state index is 0. The van der Waals surface area contributed by atoms with Crippen LogP contribution in [0, 0.1) is 20.2 Å². The molecule has 0 amide bonds. The lowest BCUT2D eigenvalue weighted by molar-refractivity contribution is -0.957. The molecule has 1 unspecified atom stereocenters. The lowest BCUT2D eigenvalue weighted by Gasteiger charge is -2.18. The molecule has 0 aromatic carbocycles. The van der Waals surface area contributed by atoms with E-state index in [-0.39, 0.29) is 17.4 Å². The lowest BCUT2D eigenvalue weighted by Crippen LogP contribution is -2.43. The zero-order valence-electron chi connectivity index (χ0n) is 9.36. The number of carboxylic acid groups (broad SMARTS) is 2. The molecule has 21 heavy (non-hydrogen) atoms. The molecule has 0 rings (SSSR count). The third-order valence-electron chi connectivity index (χ3n) is 1.46. The summed E-state index contributed by atoms with van der Waals surface area (Å²) in [6.45, 7) is 0. The molecule has 0 aromatic rings. The fourth-order valence-corrected chi connectivity index (χ4v) is 0.822. The van der Waals surface area contributed by atoms with Crippen molar-refractivity contribution < 1.29 is 49.9 Å². The third-order valence-corrected chi connectivity index (χ3v) is 1.46. The number of rotatable bonds is 6. The van der Waals surface area contributed by atoms with Gasteiger partial charge in [-0.2, -0.15) is 5.21 Å². The molecule has 0 spiro atoms. The number of carbonyl (C=O) groups is 3. The van der Waals surface area contributed by atoms with Crippen LogP contribution in [-0.2, 0) is 19.2 Å². The van der Waals surface area contributed by atoms with E-state index < -0.39 is 46.5 Å². The Morgan fingerprint density at radius 1 is 1.10 bits per heavy atom. The van der Waals surface area contributed by atoms with Crippen LogP contribution in [0.3, 0.4) is 0 Å². The van der Waals surface area contributed by atoms with Crippen molar-refractivity contribution in [3.8, 4) is 0 Å². The van der Waals surface area contributed by atoms with Crippen molar-refractivity contribution in [2.75, 3.05) is 0 Å². The van der Waals surface area contributed by atoms with Gasteiger partial charge in [0.05, 0.1) is 17.9 Å². The molecule has 1 atom stereocenters. The molecule has 0 bridgehead atoms. The van der Waals surface area contributed by atoms with Crippen LogP contribution in [0.25, 0.3) is 0 Å². The van der Waals surface area contributed by atoms with E-state index in [2.05, 4.69) is 4.84 Å². The number of carbonyl (C=O) groups excluding carboxylic acids is 1. The number of aliphatic hydroxyl groups is 1. The van der Waals surface area contributed by atoms with Gasteiger partial charge in [0.25, 0.3) is 0 Å². The van der Waals surface area contributed by atoms with E-state index in [4.69, 9.17) is 30.7 Å². The minimum atomic E-state index is -2.90. The molecular formula is C6H11AlN2O12. The van der Waals surface area contributed by atoms with Crippen molar-refractivity contribution in [2.24, 2.45) is 0 Å². The van der Waals surface area contributed by atoms with Gasteiger partial charge in [-0.15, -0.1) is 4.84 Å². The standard InChI is InChI=1S/C6H7NO9.Al.NO3.3H/c8-3(9)1-6(13,5(11)12)2-4(10)16-7(14)15;;2-1(3)4;;;/h13H,1-2H2,(H2-,8,9,11,12,14,15);;;;;/q;;-1;;;/p+1. The van der Waals surface area contributed by atoms with Crippen LogP contribution in [0.5, 0.6) is 0 Å². The number of nitrogens with zero attached hydrogens (tertiary/aromatic N) is 2. The van der Waals surface area contributed by atoms with Gasteiger partial charge in [-0.1, -0.05) is 0 Å². The molecule has 0 fully saturated rings. The van der Waals surface area contributed by atoms with Crippen LogP contribution in [0.4, 0.5) is 0 Å². The van der Waals surface area contributed by atoms with E-state index in [1.165, 1.54) is 0 Å². The van der Waals surface area contributed by atoms with Gasteiger partial charge in [-0.3, -0.25) is 4.79 Å². The van der Waals surface area contributed by atoms with Gasteiger partial charge in [0.15, 0.2) is 23.0 Å². The molecule has 0 aliphatic carbocycles. The largest absolute Gasteiger partial charge is 0.484 e. The predicted molar refractivity (Wildman–Crippen MR) is 61.3 cm³/mol. The predicted octanol–water partition coefficient (Wildman–Crippen LogP) is -3.13. The summed E-state index contributed by atoms with van der Waals surface area (Å²) >= 11 is 0. The van der Waals surface area contributed by atoms with Crippen molar-refractivity contribution in [3.05, 3.63) is 20.2 Å². The lowest BCUT2D eigenvalue weighted by atomic mass is 9.96. The Balaban J connectivity index is -0.000000572. The van der Waals surface area contributed by atoms with Crippen LogP contribution >= 0.6 is 0 Å². The van der Waals surface area contributed by atoms with E-state index in [0.29, 0.717) is 0 Å². The fraction of sp³-hybridized carbons (Fsp3) is 0.500. The zero-order valence-corrected chi connectivity index (χ0v) is 9.36. The van der Waals surface area contributed by atoms with Crippen molar-refractivity contribution in [3.63, 3.8) is 0 Å². The second-order valence-electron chi connectivity index (χ2n) is 3.01. The summed E-state index contributed by atoms with van der Waals surface area (Å²) in [4.78, 5) is 53.0. The molecule has 0 saturated heterocycles. The summed E-state index contributed by atoms with van der Waals surface area (Å²) in [5, 5.41) is 47.5. The molecule has 0 heterocycles. The average Bonchev–Trinajstić information content (AvgIpc) is 2.12. The quantitative estimate of drug-likeness (QED) is 0.215. The van der Waals surface area contributed by atoms with Gasteiger partial charge in [0.2, 0.25) is 0 Å². The van der Waals surface area contributed by atoms with Gasteiger partial charge in [0, 0.05) is 0 Å². The molecule has 0 radical (unpaired) electrons. The average molecular weight is 330 g/mol. The van der Waals surface area contributed by atoms with Crippen molar-refractivity contribution in [1.82, 2.24) is 0 Å². The first kappa shape index (κ1) is 23.6. The second-order valence-corrected chi connectivity index (χ2v) is 3.01. The first-order chi connectivity index (χ1) is 8.90. The number of carboxylic acids is 2. The van der Waals surface area contributed by atoms with Crippen LogP contribution in [0.15, 0.2) is 0 Å². The second kappa shape index (κ2) is 10.3. The number of hydrogen-bond acceptors (Lipinski definition) is 9. The van der Waals surface area contributed by atoms with E-state index in [1.54, 1.807) is 0 Å². The van der Waals surface area contributed by atoms with Crippen molar-refractivity contribution in [2.45, 2.75) is 18.4 Å².